The van der Waals surface area contributed by atoms with Crippen molar-refractivity contribution in [3.05, 3.63) is 53.6 Å². The highest BCUT2D eigenvalue weighted by molar-refractivity contribution is 6.08. The minimum atomic E-state index is -1.06. The Morgan fingerprint density at radius 3 is 2.28 bits per heavy atom. The average molecular weight is 438 g/mol. The number of nitrogens with one attached hydrogen (secondary N) is 1. The molecule has 0 radical (unpaired) electrons. The molecule has 0 unspecified atom stereocenters. The molecule has 2 aliphatic heterocycles. The third-order valence-corrected chi connectivity index (χ3v) is 6.57. The number of methoxy groups -OCH3 is 1. The standard InChI is InChI=1S/C25H31N3O4/c1-32-21-8-5-18(6-9-21)24(29)26-23-10-7-20(17-22(23)25(30)31)28-15-11-19(12-16-28)27-13-3-2-4-14-27/h5-10,17,19H,2-4,11-16H2,1H3,(H,26,29)(H,30,31). The summed E-state index contributed by atoms with van der Waals surface area (Å²) in [7, 11) is 1.56. The molecule has 2 aromatic carbocycles. The Morgan fingerprint density at radius 2 is 1.66 bits per heavy atom. The van der Waals surface area contributed by atoms with E-state index < -0.39 is 5.97 Å². The van der Waals surface area contributed by atoms with E-state index in [2.05, 4.69) is 15.1 Å². The number of likely N-dealkylation sites (tertiary alicyclic amines) is 1. The number of carboxylic acid groups (broad SMARTS) is 1. The number of ether oxygens (including phenoxy) is 1. The van der Waals surface area contributed by atoms with Gasteiger partial charge in [0.15, 0.2) is 0 Å². The highest BCUT2D eigenvalue weighted by atomic mass is 16.5. The third-order valence-electron chi connectivity index (χ3n) is 6.57. The van der Waals surface area contributed by atoms with Crippen LogP contribution in [0.15, 0.2) is 42.5 Å². The normalized spacial score (nSPS) is 17.7. The van der Waals surface area contributed by atoms with Crippen LogP contribution in [0.5, 0.6) is 5.75 Å². The molecule has 32 heavy (non-hydrogen) atoms. The van der Waals surface area contributed by atoms with Crippen LogP contribution in [0.2, 0.25) is 0 Å². The fourth-order valence-corrected chi connectivity index (χ4v) is 4.72. The molecule has 0 atom stereocenters. The van der Waals surface area contributed by atoms with Crippen molar-refractivity contribution in [2.45, 2.75) is 38.1 Å². The maximum Gasteiger partial charge on any atom is 0.337 e. The summed E-state index contributed by atoms with van der Waals surface area (Å²) >= 11 is 0. The molecule has 7 nitrogen and oxygen atoms in total. The lowest BCUT2D eigenvalue weighted by Gasteiger charge is -2.41. The van der Waals surface area contributed by atoms with Crippen LogP contribution in [0.3, 0.4) is 0 Å². The first kappa shape index (κ1) is 22.1. The van der Waals surface area contributed by atoms with Gasteiger partial charge < -0.3 is 25.0 Å². The van der Waals surface area contributed by atoms with Crippen LogP contribution in [-0.4, -0.2) is 61.2 Å². The molecule has 0 aromatic heterocycles. The zero-order chi connectivity index (χ0) is 22.5. The van der Waals surface area contributed by atoms with E-state index in [1.807, 2.05) is 6.07 Å². The van der Waals surface area contributed by atoms with Gasteiger partial charge in [-0.2, -0.15) is 0 Å². The molecule has 0 aliphatic carbocycles. The Labute approximate surface area is 189 Å². The van der Waals surface area contributed by atoms with Crippen LogP contribution < -0.4 is 15.0 Å². The lowest BCUT2D eigenvalue weighted by atomic mass is 9.99. The number of anilines is 2. The number of benzene rings is 2. The Bertz CT molecular complexity index is 946. The van der Waals surface area contributed by atoms with Gasteiger partial charge >= 0.3 is 5.97 Å². The fraction of sp³-hybridized carbons (Fsp3) is 0.440. The molecule has 0 bridgehead atoms. The van der Waals surface area contributed by atoms with Crippen LogP contribution in [0.1, 0.15) is 52.8 Å². The predicted octanol–water partition coefficient (Wildman–Crippen LogP) is 4.10. The van der Waals surface area contributed by atoms with Crippen molar-refractivity contribution in [1.82, 2.24) is 4.90 Å². The number of aromatic carboxylic acids is 1. The molecule has 2 aromatic rings. The SMILES string of the molecule is COc1ccc(C(=O)Nc2ccc(N3CCC(N4CCCCC4)CC3)cc2C(=O)O)cc1. The number of hydrogen-bond acceptors (Lipinski definition) is 5. The molecule has 7 heteroatoms. The van der Waals surface area contributed by atoms with Gasteiger partial charge in [0.05, 0.1) is 18.4 Å². The van der Waals surface area contributed by atoms with E-state index >= 15 is 0 Å². The third kappa shape index (κ3) is 5.05. The van der Waals surface area contributed by atoms with E-state index in [-0.39, 0.29) is 11.5 Å². The second-order valence-electron chi connectivity index (χ2n) is 8.53. The Hall–Kier alpha value is -3.06. The minimum absolute atomic E-state index is 0.0996. The smallest absolute Gasteiger partial charge is 0.337 e. The van der Waals surface area contributed by atoms with Crippen molar-refractivity contribution in [2.24, 2.45) is 0 Å². The molecular weight excluding hydrogens is 406 g/mol. The highest BCUT2D eigenvalue weighted by Crippen LogP contribution is 2.28. The van der Waals surface area contributed by atoms with Gasteiger partial charge in [0.25, 0.3) is 5.91 Å². The van der Waals surface area contributed by atoms with Gasteiger partial charge in [-0.3, -0.25) is 4.79 Å². The molecule has 170 valence electrons. The molecule has 0 saturated carbocycles. The monoisotopic (exact) mass is 437 g/mol. The molecule has 2 N–H and O–H groups in total. The van der Waals surface area contributed by atoms with Gasteiger partial charge in [-0.25, -0.2) is 4.79 Å². The molecule has 2 fully saturated rings. The van der Waals surface area contributed by atoms with Crippen LogP contribution in [0, 0.1) is 0 Å². The van der Waals surface area contributed by atoms with Crippen LogP contribution in [0.25, 0.3) is 0 Å². The zero-order valence-electron chi connectivity index (χ0n) is 18.5. The summed E-state index contributed by atoms with van der Waals surface area (Å²) in [4.78, 5) is 29.4. The number of carbonyl (C=O) groups is 2. The first-order chi connectivity index (χ1) is 15.5. The lowest BCUT2D eigenvalue weighted by Crippen LogP contribution is -2.46. The summed E-state index contributed by atoms with van der Waals surface area (Å²) < 4.78 is 5.11. The second-order valence-corrected chi connectivity index (χ2v) is 8.53. The number of rotatable bonds is 6. The van der Waals surface area contributed by atoms with Crippen molar-refractivity contribution in [2.75, 3.05) is 43.5 Å². The van der Waals surface area contributed by atoms with Crippen LogP contribution in [0.4, 0.5) is 11.4 Å². The van der Waals surface area contributed by atoms with Gasteiger partial charge in [0.2, 0.25) is 0 Å². The Morgan fingerprint density at radius 1 is 0.969 bits per heavy atom. The summed E-state index contributed by atoms with van der Waals surface area (Å²) in [5.41, 5.74) is 1.72. The first-order valence-electron chi connectivity index (χ1n) is 11.4. The van der Waals surface area contributed by atoms with E-state index in [1.54, 1.807) is 43.5 Å². The van der Waals surface area contributed by atoms with Gasteiger partial charge in [-0.15, -0.1) is 0 Å². The highest BCUT2D eigenvalue weighted by Gasteiger charge is 2.26. The number of carbonyl (C=O) groups excluding carboxylic acids is 1. The molecule has 1 amide bonds. The summed E-state index contributed by atoms with van der Waals surface area (Å²) in [6.45, 7) is 4.24. The number of carboxylic acids is 1. The first-order valence-corrected chi connectivity index (χ1v) is 11.4. The second kappa shape index (κ2) is 10.0. The molecule has 2 saturated heterocycles. The fourth-order valence-electron chi connectivity index (χ4n) is 4.72. The van der Waals surface area contributed by atoms with Crippen molar-refractivity contribution in [3.8, 4) is 5.75 Å². The molecule has 4 rings (SSSR count). The molecule has 2 heterocycles. The molecular formula is C25H31N3O4. The van der Waals surface area contributed by atoms with Crippen molar-refractivity contribution >= 4 is 23.3 Å². The van der Waals surface area contributed by atoms with Crippen molar-refractivity contribution < 1.29 is 19.4 Å². The Kier molecular flexibility index (Phi) is 6.95. The number of amides is 1. The minimum Gasteiger partial charge on any atom is -0.497 e. The van der Waals surface area contributed by atoms with E-state index in [1.165, 1.54) is 32.4 Å². The van der Waals surface area contributed by atoms with Crippen LogP contribution >= 0.6 is 0 Å². The maximum absolute atomic E-state index is 12.6. The van der Waals surface area contributed by atoms with Crippen molar-refractivity contribution in [1.29, 1.82) is 0 Å². The number of hydrogen-bond donors (Lipinski definition) is 2. The van der Waals surface area contributed by atoms with Gasteiger partial charge in [0, 0.05) is 30.4 Å². The predicted molar refractivity (Wildman–Crippen MR) is 125 cm³/mol. The van der Waals surface area contributed by atoms with E-state index in [9.17, 15) is 14.7 Å². The summed E-state index contributed by atoms with van der Waals surface area (Å²) in [6.07, 6.45) is 6.13. The van der Waals surface area contributed by atoms with Crippen LogP contribution in [-0.2, 0) is 0 Å². The van der Waals surface area contributed by atoms with E-state index in [4.69, 9.17) is 4.74 Å². The topological polar surface area (TPSA) is 82.1 Å². The van der Waals surface area contributed by atoms with Crippen molar-refractivity contribution in [3.63, 3.8) is 0 Å². The maximum atomic E-state index is 12.6. The molecule has 0 spiro atoms. The number of piperidine rings is 2. The number of nitrogens with zero attached hydrogens (tertiary/aromatic N) is 2. The average Bonchev–Trinajstić information content (AvgIpc) is 2.85. The summed E-state index contributed by atoms with van der Waals surface area (Å²) in [6, 6.07) is 12.6. The lowest BCUT2D eigenvalue weighted by molar-refractivity contribution is 0.0698. The summed E-state index contributed by atoms with van der Waals surface area (Å²) in [5.74, 6) is -0.758. The Balaban J connectivity index is 1.43. The summed E-state index contributed by atoms with van der Waals surface area (Å²) in [5, 5.41) is 12.5. The van der Waals surface area contributed by atoms with E-state index in [0.29, 0.717) is 23.0 Å². The zero-order valence-corrected chi connectivity index (χ0v) is 18.5. The quantitative estimate of drug-likeness (QED) is 0.708. The van der Waals surface area contributed by atoms with Gasteiger partial charge in [-0.05, 0) is 81.2 Å². The largest absolute Gasteiger partial charge is 0.497 e. The van der Waals surface area contributed by atoms with Gasteiger partial charge in [-0.1, -0.05) is 6.42 Å². The van der Waals surface area contributed by atoms with E-state index in [0.717, 1.165) is 31.6 Å². The van der Waals surface area contributed by atoms with Gasteiger partial charge in [0.1, 0.15) is 5.75 Å². The molecule has 2 aliphatic rings.